The molecule has 2 aromatic carbocycles. The molecule has 1 saturated heterocycles. The van der Waals surface area contributed by atoms with Gasteiger partial charge in [0.1, 0.15) is 17.2 Å². The lowest BCUT2D eigenvalue weighted by atomic mass is 10.1. The van der Waals surface area contributed by atoms with Gasteiger partial charge in [-0.2, -0.15) is 0 Å². The fourth-order valence-electron chi connectivity index (χ4n) is 3.69. The van der Waals surface area contributed by atoms with E-state index in [0.717, 1.165) is 30.8 Å². The van der Waals surface area contributed by atoms with E-state index in [4.69, 9.17) is 18.7 Å². The van der Waals surface area contributed by atoms with Gasteiger partial charge in [-0.15, -0.1) is 0 Å². The van der Waals surface area contributed by atoms with Crippen molar-refractivity contribution in [3.8, 4) is 22.8 Å². The number of methoxy groups -OCH3 is 2. The molecule has 1 aliphatic heterocycles. The first-order valence-electron chi connectivity index (χ1n) is 10.3. The van der Waals surface area contributed by atoms with Crippen LogP contribution in [0.4, 0.5) is 0 Å². The van der Waals surface area contributed by atoms with Crippen molar-refractivity contribution in [1.82, 2.24) is 10.1 Å². The molecule has 0 radical (unpaired) electrons. The zero-order valence-electron chi connectivity index (χ0n) is 17.7. The molecule has 1 amide bonds. The quantitative estimate of drug-likeness (QED) is 0.542. The number of hydrogen-bond acceptors (Lipinski definition) is 6. The normalized spacial score (nSPS) is 15.6. The van der Waals surface area contributed by atoms with Crippen LogP contribution in [0.3, 0.4) is 0 Å². The van der Waals surface area contributed by atoms with E-state index < -0.39 is 0 Å². The molecule has 2 heterocycles. The monoisotopic (exact) mass is 422 g/mol. The summed E-state index contributed by atoms with van der Waals surface area (Å²) in [5.74, 6) is 1.91. The van der Waals surface area contributed by atoms with Gasteiger partial charge in [0, 0.05) is 30.3 Å². The summed E-state index contributed by atoms with van der Waals surface area (Å²) in [4.78, 5) is 15.1. The minimum atomic E-state index is -0.0969. The first-order chi connectivity index (χ1) is 15.2. The highest BCUT2D eigenvalue weighted by molar-refractivity contribution is 5.94. The second kappa shape index (κ2) is 9.66. The van der Waals surface area contributed by atoms with Crippen LogP contribution in [0.15, 0.2) is 59.1 Å². The summed E-state index contributed by atoms with van der Waals surface area (Å²) in [5, 5.41) is 4.20. The molecule has 31 heavy (non-hydrogen) atoms. The molecule has 1 aliphatic rings. The highest BCUT2D eigenvalue weighted by Gasteiger charge is 2.25. The third kappa shape index (κ3) is 5.06. The first kappa shape index (κ1) is 20.9. The zero-order chi connectivity index (χ0) is 21.6. The van der Waals surface area contributed by atoms with Gasteiger partial charge in [-0.05, 0) is 43.2 Å². The Labute approximate surface area is 181 Å². The van der Waals surface area contributed by atoms with Crippen LogP contribution in [-0.4, -0.2) is 49.4 Å². The van der Waals surface area contributed by atoms with Gasteiger partial charge in [0.15, 0.2) is 5.76 Å². The largest absolute Gasteiger partial charge is 0.497 e. The van der Waals surface area contributed by atoms with Crippen LogP contribution in [0.25, 0.3) is 11.3 Å². The number of aromatic nitrogens is 1. The molecule has 0 unspecified atom stereocenters. The molecule has 0 aliphatic carbocycles. The number of ether oxygens (including phenoxy) is 3. The van der Waals surface area contributed by atoms with Crippen molar-refractivity contribution in [1.29, 1.82) is 0 Å². The Morgan fingerprint density at radius 3 is 2.61 bits per heavy atom. The minimum Gasteiger partial charge on any atom is -0.497 e. The summed E-state index contributed by atoms with van der Waals surface area (Å²) in [6.45, 7) is 1.55. The van der Waals surface area contributed by atoms with Crippen LogP contribution in [0.1, 0.15) is 28.9 Å². The molecule has 4 rings (SSSR count). The number of nitrogens with zero attached hydrogens (tertiary/aromatic N) is 2. The molecular weight excluding hydrogens is 396 g/mol. The van der Waals surface area contributed by atoms with E-state index >= 15 is 0 Å². The molecule has 0 spiro atoms. The van der Waals surface area contributed by atoms with Gasteiger partial charge in [0.05, 0.1) is 26.9 Å². The molecular formula is C24H26N2O5. The summed E-state index contributed by atoms with van der Waals surface area (Å²) in [7, 11) is 3.21. The third-order valence-electron chi connectivity index (χ3n) is 5.32. The van der Waals surface area contributed by atoms with E-state index in [1.807, 2.05) is 42.5 Å². The first-order valence-corrected chi connectivity index (χ1v) is 10.3. The van der Waals surface area contributed by atoms with E-state index in [2.05, 4.69) is 5.16 Å². The molecule has 0 saturated carbocycles. The maximum Gasteiger partial charge on any atom is 0.254 e. The fourth-order valence-corrected chi connectivity index (χ4v) is 3.69. The Morgan fingerprint density at radius 1 is 1.10 bits per heavy atom. The molecule has 1 fully saturated rings. The molecule has 1 atom stereocenters. The number of rotatable bonds is 8. The Kier molecular flexibility index (Phi) is 6.52. The van der Waals surface area contributed by atoms with Gasteiger partial charge in [-0.3, -0.25) is 4.79 Å². The SMILES string of the molecule is COc1cccc(C(=O)N(Cc2cc(-c3cccc(OC)c3)on2)C[C@H]2CCCO2)c1. The second-order valence-electron chi connectivity index (χ2n) is 7.47. The van der Waals surface area contributed by atoms with Crippen LogP contribution in [0, 0.1) is 0 Å². The van der Waals surface area contributed by atoms with Crippen LogP contribution in [0.2, 0.25) is 0 Å². The zero-order valence-corrected chi connectivity index (χ0v) is 17.7. The molecule has 0 N–H and O–H groups in total. The number of carbonyl (C=O) groups excluding carboxylic acids is 1. The minimum absolute atomic E-state index is 0.0271. The Hall–Kier alpha value is -3.32. The predicted molar refractivity (Wildman–Crippen MR) is 115 cm³/mol. The van der Waals surface area contributed by atoms with Crippen LogP contribution < -0.4 is 9.47 Å². The molecule has 0 bridgehead atoms. The summed E-state index contributed by atoms with van der Waals surface area (Å²) < 4.78 is 21.9. The van der Waals surface area contributed by atoms with Crippen molar-refractivity contribution in [3.63, 3.8) is 0 Å². The van der Waals surface area contributed by atoms with E-state index in [9.17, 15) is 4.79 Å². The van der Waals surface area contributed by atoms with Gasteiger partial charge < -0.3 is 23.6 Å². The lowest BCUT2D eigenvalue weighted by Gasteiger charge is -2.24. The maximum atomic E-state index is 13.3. The topological polar surface area (TPSA) is 74.0 Å². The third-order valence-corrected chi connectivity index (χ3v) is 5.32. The van der Waals surface area contributed by atoms with Crippen LogP contribution in [-0.2, 0) is 11.3 Å². The van der Waals surface area contributed by atoms with Crippen molar-refractivity contribution in [2.75, 3.05) is 27.4 Å². The van der Waals surface area contributed by atoms with Crippen LogP contribution >= 0.6 is 0 Å². The number of hydrogen-bond donors (Lipinski definition) is 0. The second-order valence-corrected chi connectivity index (χ2v) is 7.47. The Bertz CT molecular complexity index is 1030. The highest BCUT2D eigenvalue weighted by atomic mass is 16.5. The average Bonchev–Trinajstić information content (AvgIpc) is 3.50. The van der Waals surface area contributed by atoms with Gasteiger partial charge in [0.25, 0.3) is 5.91 Å². The predicted octanol–water partition coefficient (Wildman–Crippen LogP) is 4.18. The Balaban J connectivity index is 1.55. The lowest BCUT2D eigenvalue weighted by molar-refractivity contribution is 0.0502. The summed E-state index contributed by atoms with van der Waals surface area (Å²) in [5.41, 5.74) is 2.10. The molecule has 1 aromatic heterocycles. The van der Waals surface area contributed by atoms with Crippen molar-refractivity contribution >= 4 is 5.91 Å². The maximum absolute atomic E-state index is 13.3. The number of benzene rings is 2. The van der Waals surface area contributed by atoms with E-state index in [0.29, 0.717) is 35.9 Å². The fraction of sp³-hybridized carbons (Fsp3) is 0.333. The van der Waals surface area contributed by atoms with Crippen LogP contribution in [0.5, 0.6) is 11.5 Å². The summed E-state index contributed by atoms with van der Waals surface area (Å²) in [6.07, 6.45) is 1.98. The lowest BCUT2D eigenvalue weighted by Crippen LogP contribution is -2.37. The van der Waals surface area contributed by atoms with Crippen molar-refractivity contribution in [2.24, 2.45) is 0 Å². The average molecular weight is 422 g/mol. The summed E-state index contributed by atoms with van der Waals surface area (Å²) in [6, 6.07) is 16.6. The number of amides is 1. The summed E-state index contributed by atoms with van der Waals surface area (Å²) >= 11 is 0. The van der Waals surface area contributed by atoms with Gasteiger partial charge >= 0.3 is 0 Å². The van der Waals surface area contributed by atoms with Crippen molar-refractivity contribution in [3.05, 3.63) is 65.9 Å². The van der Waals surface area contributed by atoms with E-state index in [1.165, 1.54) is 0 Å². The Morgan fingerprint density at radius 2 is 1.87 bits per heavy atom. The van der Waals surface area contributed by atoms with Gasteiger partial charge in [-0.1, -0.05) is 23.4 Å². The van der Waals surface area contributed by atoms with E-state index in [-0.39, 0.29) is 12.0 Å². The van der Waals surface area contributed by atoms with Gasteiger partial charge in [0.2, 0.25) is 0 Å². The molecule has 7 nitrogen and oxygen atoms in total. The van der Waals surface area contributed by atoms with Crippen molar-refractivity contribution < 1.29 is 23.5 Å². The molecule has 3 aromatic rings. The standard InChI is InChI=1S/C24H26N2O5/c1-28-20-8-3-6-17(12-20)23-14-19(25-31-23)15-26(16-22-10-5-11-30-22)24(27)18-7-4-9-21(13-18)29-2/h3-4,6-9,12-14,22H,5,10-11,15-16H2,1-2H3/t22-/m1/s1. The van der Waals surface area contributed by atoms with Crippen molar-refractivity contribution in [2.45, 2.75) is 25.5 Å². The highest BCUT2D eigenvalue weighted by Crippen LogP contribution is 2.26. The van der Waals surface area contributed by atoms with Gasteiger partial charge in [-0.25, -0.2) is 0 Å². The van der Waals surface area contributed by atoms with E-state index in [1.54, 1.807) is 31.3 Å². The molecule has 7 heteroatoms. The number of carbonyl (C=O) groups is 1. The molecule has 162 valence electrons. The smallest absolute Gasteiger partial charge is 0.254 e.